The minimum absolute atomic E-state index is 0. The molecule has 5 nitrogen and oxygen atoms in total. The molecule has 0 atom stereocenters. The van der Waals surface area contributed by atoms with Crippen molar-refractivity contribution in [2.24, 2.45) is 0 Å². The second-order valence-corrected chi connectivity index (χ2v) is 2.87. The second-order valence-electron chi connectivity index (χ2n) is 2.05. The summed E-state index contributed by atoms with van der Waals surface area (Å²) in [5.74, 6) is 0. The maximum atomic E-state index is 8.54. The number of hydrogen-bond donors (Lipinski definition) is 1. The van der Waals surface area contributed by atoms with E-state index in [0.29, 0.717) is 0 Å². The number of benzene rings is 1. The maximum Gasteiger partial charge on any atom is 1.00 e. The van der Waals surface area contributed by atoms with E-state index in [4.69, 9.17) is 22.6 Å². The van der Waals surface area contributed by atoms with E-state index >= 15 is 0 Å². The Morgan fingerprint density at radius 1 is 1.07 bits per heavy atom. The van der Waals surface area contributed by atoms with Crippen LogP contribution in [-0.2, 0) is 17.0 Å². The maximum absolute atomic E-state index is 8.54. The first-order valence-corrected chi connectivity index (χ1v) is 4.58. The van der Waals surface area contributed by atoms with E-state index in [1.807, 2.05) is 30.3 Å². The van der Waals surface area contributed by atoms with Crippen molar-refractivity contribution in [3.63, 3.8) is 0 Å². The van der Waals surface area contributed by atoms with Crippen LogP contribution in [0.1, 0.15) is 5.56 Å². The second kappa shape index (κ2) is 11.5. The number of rotatable bonds is 1. The van der Waals surface area contributed by atoms with Gasteiger partial charge in [0.15, 0.2) is 0 Å². The molecule has 1 aromatic rings. The first-order chi connectivity index (χ1) is 5.93. The Hall–Kier alpha value is 1.05. The van der Waals surface area contributed by atoms with Crippen LogP contribution in [0, 0.1) is 0 Å². The fourth-order valence-electron chi connectivity index (χ4n) is 0.583. The zero-order chi connectivity index (χ0) is 10.3. The summed E-state index contributed by atoms with van der Waals surface area (Å²) in [6.07, 6.45) is 0. The van der Waals surface area contributed by atoms with Crippen molar-refractivity contribution in [2.45, 2.75) is 6.61 Å². The van der Waals surface area contributed by atoms with Gasteiger partial charge in [0.05, 0.1) is 6.61 Å². The topological polar surface area (TPSA) is 100 Å². The van der Waals surface area contributed by atoms with Crippen molar-refractivity contribution >= 4 is 10.4 Å². The zero-order valence-electron chi connectivity index (χ0n) is 8.58. The summed E-state index contributed by atoms with van der Waals surface area (Å²) >= 11 is 0. The predicted molar refractivity (Wildman–Crippen MR) is 42.8 cm³/mol. The molecule has 0 spiro atoms. The van der Waals surface area contributed by atoms with Gasteiger partial charge in [-0.1, -0.05) is 30.3 Å². The van der Waals surface area contributed by atoms with Crippen molar-refractivity contribution in [3.8, 4) is 0 Å². The molecule has 1 N–H and O–H groups in total. The summed E-state index contributed by atoms with van der Waals surface area (Å²) < 4.78 is 34.1. The molecule has 0 aliphatic rings. The molecule has 0 radical (unpaired) electrons. The molecule has 0 unspecified atom stereocenters. The molecule has 8 heteroatoms. The molecular weight excluding hydrogens is 242 g/mol. The van der Waals surface area contributed by atoms with Crippen LogP contribution in [0.5, 0.6) is 0 Å². The summed E-state index contributed by atoms with van der Waals surface area (Å²) in [4.78, 5) is 0. The van der Waals surface area contributed by atoms with Crippen molar-refractivity contribution in [1.82, 2.24) is 0 Å². The molecule has 0 saturated carbocycles. The van der Waals surface area contributed by atoms with Crippen LogP contribution in [0.3, 0.4) is 0 Å². The van der Waals surface area contributed by atoms with Gasteiger partial charge in [-0.2, -0.15) is 0 Å². The van der Waals surface area contributed by atoms with Crippen molar-refractivity contribution in [3.05, 3.63) is 35.9 Å². The third kappa shape index (κ3) is 21.0. The van der Waals surface area contributed by atoms with Crippen LogP contribution in [0.4, 0.5) is 0 Å². The van der Waals surface area contributed by atoms with Gasteiger partial charge in [-0.15, -0.1) is 0 Å². The van der Waals surface area contributed by atoms with E-state index in [2.05, 4.69) is 0 Å². The Kier molecular flexibility index (Phi) is 16.4. The normalized spacial score (nSPS) is 8.73. The molecule has 0 heterocycles. The predicted octanol–water partition coefficient (Wildman–Crippen LogP) is -6.15. The smallest absolute Gasteiger partial charge is 0.759 e. The molecule has 0 fully saturated rings. The summed E-state index contributed by atoms with van der Waals surface area (Å²) in [5, 5.41) is 8.54. The van der Waals surface area contributed by atoms with Gasteiger partial charge in [0.2, 0.25) is 0 Å². The van der Waals surface area contributed by atoms with Crippen molar-refractivity contribution in [2.75, 3.05) is 0 Å². The van der Waals surface area contributed by atoms with Gasteiger partial charge < -0.3 is 14.2 Å². The molecule has 0 amide bonds. The quantitative estimate of drug-likeness (QED) is 0.304. The largest absolute Gasteiger partial charge is 1.00 e. The Morgan fingerprint density at radius 3 is 1.60 bits per heavy atom. The first kappa shape index (κ1) is 21.3. The Morgan fingerprint density at radius 2 is 1.40 bits per heavy atom. The van der Waals surface area contributed by atoms with E-state index in [-0.39, 0.29) is 65.7 Å². The van der Waals surface area contributed by atoms with Gasteiger partial charge in [-0.3, -0.25) is 8.42 Å². The Bertz CT molecular complexity index is 318. The third-order valence-corrected chi connectivity index (χ3v) is 1.03. The van der Waals surface area contributed by atoms with Crippen LogP contribution in [0.25, 0.3) is 0 Å². The summed E-state index contributed by atoms with van der Waals surface area (Å²) in [6, 6.07) is 9.52. The van der Waals surface area contributed by atoms with E-state index in [0.717, 1.165) is 5.56 Å². The molecule has 1 aromatic carbocycles. The molecule has 1 rings (SSSR count). The minimum Gasteiger partial charge on any atom is -0.759 e. The molecule has 0 aromatic heterocycles. The fourth-order valence-corrected chi connectivity index (χ4v) is 0.583. The standard InChI is InChI=1S/C7H8O.2Na.H2O4S/c8-6-7-4-2-1-3-5-7;;;1-5(2,3)4/h1-5,8H,6H2;;;(H2,1,2,3,4)/q;2*+1;/p-2. The molecule has 0 aliphatic heterocycles. The van der Waals surface area contributed by atoms with Gasteiger partial charge in [0.25, 0.3) is 0 Å². The average molecular weight is 250 g/mol. The van der Waals surface area contributed by atoms with E-state index < -0.39 is 10.4 Å². The number of aliphatic hydroxyl groups is 1. The molecule has 15 heavy (non-hydrogen) atoms. The molecule has 0 aliphatic carbocycles. The van der Waals surface area contributed by atoms with Crippen LogP contribution in [-0.4, -0.2) is 22.6 Å². The first-order valence-electron chi connectivity index (χ1n) is 3.25. The Labute approximate surface area is 133 Å². The average Bonchev–Trinajstić information content (AvgIpc) is 2.03. The molecule has 74 valence electrons. The number of hydrogen-bond acceptors (Lipinski definition) is 5. The van der Waals surface area contributed by atoms with Gasteiger partial charge >= 0.3 is 59.1 Å². The summed E-state index contributed by atoms with van der Waals surface area (Å²) in [5.41, 5.74) is 0.965. The number of aliphatic hydroxyl groups excluding tert-OH is 1. The van der Waals surface area contributed by atoms with Crippen molar-refractivity contribution < 1.29 is 81.7 Å². The molecule has 0 saturated heterocycles. The molecular formula is C7H8Na2O5S. The van der Waals surface area contributed by atoms with Crippen LogP contribution < -0.4 is 59.1 Å². The van der Waals surface area contributed by atoms with Crippen LogP contribution >= 0.6 is 0 Å². The Balaban J connectivity index is -0.000000185. The summed E-state index contributed by atoms with van der Waals surface area (Å²) in [6.45, 7) is 0.140. The summed E-state index contributed by atoms with van der Waals surface area (Å²) in [7, 11) is -5.17. The van der Waals surface area contributed by atoms with Crippen LogP contribution in [0.15, 0.2) is 30.3 Å². The van der Waals surface area contributed by atoms with Gasteiger partial charge in [0.1, 0.15) is 0 Å². The van der Waals surface area contributed by atoms with Gasteiger partial charge in [-0.25, -0.2) is 0 Å². The monoisotopic (exact) mass is 250 g/mol. The molecule has 0 bridgehead atoms. The van der Waals surface area contributed by atoms with Crippen LogP contribution in [0.2, 0.25) is 0 Å². The van der Waals surface area contributed by atoms with E-state index in [1.165, 1.54) is 0 Å². The SMILES string of the molecule is O=S(=O)([O-])[O-].OCc1ccccc1.[Na+].[Na+]. The third-order valence-electron chi connectivity index (χ3n) is 1.03. The fraction of sp³-hybridized carbons (Fsp3) is 0.143. The van der Waals surface area contributed by atoms with E-state index in [1.54, 1.807) is 0 Å². The van der Waals surface area contributed by atoms with Crippen molar-refractivity contribution in [1.29, 1.82) is 0 Å². The zero-order valence-corrected chi connectivity index (χ0v) is 13.4. The van der Waals surface area contributed by atoms with Gasteiger partial charge in [-0.05, 0) is 5.56 Å². The van der Waals surface area contributed by atoms with E-state index in [9.17, 15) is 0 Å². The van der Waals surface area contributed by atoms with Gasteiger partial charge in [0, 0.05) is 10.4 Å². The minimum atomic E-state index is -5.17.